The molecule has 0 unspecified atom stereocenters. The number of fused-ring (bicyclic) bond motifs is 1. The first-order chi connectivity index (χ1) is 11.6. The average Bonchev–Trinajstić information content (AvgIpc) is 2.61. The van der Waals surface area contributed by atoms with Crippen LogP contribution in [0.25, 0.3) is 10.9 Å². The van der Waals surface area contributed by atoms with Crippen LogP contribution >= 0.6 is 0 Å². The topological polar surface area (TPSA) is 68.3 Å². The van der Waals surface area contributed by atoms with Crippen molar-refractivity contribution in [3.63, 3.8) is 0 Å². The van der Waals surface area contributed by atoms with Crippen molar-refractivity contribution < 1.29 is 14.3 Å². The van der Waals surface area contributed by atoms with Gasteiger partial charge in [0.25, 0.3) is 5.91 Å². The van der Waals surface area contributed by atoms with Crippen LogP contribution in [0, 0.1) is 0 Å². The van der Waals surface area contributed by atoms with Gasteiger partial charge in [0.15, 0.2) is 11.5 Å². The number of pyridine rings is 1. The van der Waals surface area contributed by atoms with Crippen molar-refractivity contribution >= 4 is 28.3 Å². The van der Waals surface area contributed by atoms with Crippen molar-refractivity contribution in [3.8, 4) is 5.75 Å². The molecule has 1 N–H and O–H groups in total. The van der Waals surface area contributed by atoms with Crippen LogP contribution in [-0.2, 0) is 0 Å². The summed E-state index contributed by atoms with van der Waals surface area (Å²) in [7, 11) is 1.50. The predicted molar refractivity (Wildman–Crippen MR) is 92.7 cm³/mol. The first-order valence-corrected chi connectivity index (χ1v) is 7.44. The zero-order valence-electron chi connectivity index (χ0n) is 13.4. The standard InChI is InChI=1S/C19H16N2O3/c1-12(22)13-7-9-14(10-8-13)21-19(23)18-15-5-3-4-6-16(15)20-11-17(18)24-2/h3-11H,1-2H3,(H,21,23). The number of nitrogens with zero attached hydrogens (tertiary/aromatic N) is 1. The van der Waals surface area contributed by atoms with E-state index in [0.717, 1.165) is 10.9 Å². The Morgan fingerprint density at radius 1 is 1.04 bits per heavy atom. The predicted octanol–water partition coefficient (Wildman–Crippen LogP) is 3.70. The number of carbonyl (C=O) groups excluding carboxylic acids is 2. The van der Waals surface area contributed by atoms with Gasteiger partial charge in [0.05, 0.1) is 24.4 Å². The molecule has 3 aromatic rings. The second kappa shape index (κ2) is 6.50. The van der Waals surface area contributed by atoms with E-state index in [1.165, 1.54) is 20.2 Å². The summed E-state index contributed by atoms with van der Waals surface area (Å²) in [6.45, 7) is 1.50. The number of rotatable bonds is 4. The Kier molecular flexibility index (Phi) is 4.24. The van der Waals surface area contributed by atoms with E-state index in [1.807, 2.05) is 24.3 Å². The summed E-state index contributed by atoms with van der Waals surface area (Å²) >= 11 is 0. The zero-order valence-corrected chi connectivity index (χ0v) is 13.4. The van der Waals surface area contributed by atoms with Crippen molar-refractivity contribution in [2.75, 3.05) is 12.4 Å². The van der Waals surface area contributed by atoms with Crippen LogP contribution in [0.3, 0.4) is 0 Å². The van der Waals surface area contributed by atoms with Gasteiger partial charge in [-0.3, -0.25) is 14.6 Å². The minimum absolute atomic E-state index is 0.0188. The third-order valence-electron chi connectivity index (χ3n) is 3.74. The van der Waals surface area contributed by atoms with Gasteiger partial charge in [-0.25, -0.2) is 0 Å². The van der Waals surface area contributed by atoms with Gasteiger partial charge >= 0.3 is 0 Å². The zero-order chi connectivity index (χ0) is 17.1. The minimum atomic E-state index is -0.291. The summed E-state index contributed by atoms with van der Waals surface area (Å²) in [5.41, 5.74) is 2.35. The largest absolute Gasteiger partial charge is 0.494 e. The van der Waals surface area contributed by atoms with Crippen molar-refractivity contribution in [1.82, 2.24) is 4.98 Å². The number of amides is 1. The number of nitrogens with one attached hydrogen (secondary N) is 1. The Hall–Kier alpha value is -3.21. The number of methoxy groups -OCH3 is 1. The van der Waals surface area contributed by atoms with E-state index < -0.39 is 0 Å². The number of para-hydroxylation sites is 1. The fraction of sp³-hybridized carbons (Fsp3) is 0.105. The van der Waals surface area contributed by atoms with Gasteiger partial charge in [0.2, 0.25) is 0 Å². The molecule has 0 bridgehead atoms. The van der Waals surface area contributed by atoms with Crippen LogP contribution in [0.5, 0.6) is 5.75 Å². The number of hydrogen-bond donors (Lipinski definition) is 1. The summed E-state index contributed by atoms with van der Waals surface area (Å²) in [5.74, 6) is 0.0993. The molecule has 0 aliphatic heterocycles. The Bertz CT molecular complexity index is 918. The molecule has 5 heteroatoms. The average molecular weight is 320 g/mol. The molecule has 0 radical (unpaired) electrons. The number of ether oxygens (including phenoxy) is 1. The van der Waals surface area contributed by atoms with Crippen molar-refractivity contribution in [1.29, 1.82) is 0 Å². The van der Waals surface area contributed by atoms with Gasteiger partial charge in [0, 0.05) is 16.6 Å². The van der Waals surface area contributed by atoms with Gasteiger partial charge in [-0.1, -0.05) is 18.2 Å². The Morgan fingerprint density at radius 2 is 1.75 bits per heavy atom. The Morgan fingerprint density at radius 3 is 2.42 bits per heavy atom. The van der Waals surface area contributed by atoms with Gasteiger partial charge in [-0.2, -0.15) is 0 Å². The lowest BCUT2D eigenvalue weighted by Gasteiger charge is -2.12. The number of Topliss-reactive ketones (excluding diaryl/α,β-unsaturated/α-hetero) is 1. The molecule has 1 aromatic heterocycles. The quantitative estimate of drug-likeness (QED) is 0.744. The fourth-order valence-corrected chi connectivity index (χ4v) is 2.49. The molecule has 0 aliphatic carbocycles. The molecule has 0 aliphatic rings. The molecular weight excluding hydrogens is 304 g/mol. The molecule has 2 aromatic carbocycles. The van der Waals surface area contributed by atoms with Crippen molar-refractivity contribution in [2.45, 2.75) is 6.92 Å². The molecule has 0 fully saturated rings. The summed E-state index contributed by atoms with van der Waals surface area (Å²) in [6.07, 6.45) is 1.54. The number of carbonyl (C=O) groups is 2. The minimum Gasteiger partial charge on any atom is -0.494 e. The summed E-state index contributed by atoms with van der Waals surface area (Å²) in [5, 5.41) is 3.55. The van der Waals surface area contributed by atoms with Crippen molar-refractivity contribution in [2.24, 2.45) is 0 Å². The van der Waals surface area contributed by atoms with Crippen LogP contribution < -0.4 is 10.1 Å². The molecule has 0 spiro atoms. The molecule has 120 valence electrons. The lowest BCUT2D eigenvalue weighted by atomic mass is 10.1. The second-order valence-corrected chi connectivity index (χ2v) is 5.31. The molecule has 0 saturated carbocycles. The molecule has 0 atom stereocenters. The maximum atomic E-state index is 12.7. The van der Waals surface area contributed by atoms with Gasteiger partial charge in [-0.15, -0.1) is 0 Å². The third-order valence-corrected chi connectivity index (χ3v) is 3.74. The monoisotopic (exact) mass is 320 g/mol. The number of ketones is 1. The van der Waals surface area contributed by atoms with E-state index in [9.17, 15) is 9.59 Å². The molecular formula is C19H16N2O3. The van der Waals surface area contributed by atoms with E-state index in [0.29, 0.717) is 22.6 Å². The molecule has 5 nitrogen and oxygen atoms in total. The molecule has 24 heavy (non-hydrogen) atoms. The fourth-order valence-electron chi connectivity index (χ4n) is 2.49. The molecule has 1 heterocycles. The number of hydrogen-bond acceptors (Lipinski definition) is 4. The first-order valence-electron chi connectivity index (χ1n) is 7.44. The highest BCUT2D eigenvalue weighted by atomic mass is 16.5. The van der Waals surface area contributed by atoms with Gasteiger partial charge in [-0.05, 0) is 37.3 Å². The molecule has 1 amide bonds. The van der Waals surface area contributed by atoms with E-state index in [-0.39, 0.29) is 11.7 Å². The van der Waals surface area contributed by atoms with Crippen LogP contribution in [-0.4, -0.2) is 23.8 Å². The third kappa shape index (κ3) is 2.96. The maximum Gasteiger partial charge on any atom is 0.260 e. The SMILES string of the molecule is COc1cnc2ccccc2c1C(=O)Nc1ccc(C(C)=O)cc1. The van der Waals surface area contributed by atoms with Gasteiger partial charge < -0.3 is 10.1 Å². The molecule has 3 rings (SSSR count). The summed E-state index contributed by atoms with van der Waals surface area (Å²) in [6, 6.07) is 14.1. The van der Waals surface area contributed by atoms with Crippen LogP contribution in [0.1, 0.15) is 27.6 Å². The molecule has 0 saturated heterocycles. The van der Waals surface area contributed by atoms with E-state index >= 15 is 0 Å². The van der Waals surface area contributed by atoms with Crippen molar-refractivity contribution in [3.05, 3.63) is 65.9 Å². The van der Waals surface area contributed by atoms with Crippen LogP contribution in [0.15, 0.2) is 54.7 Å². The Balaban J connectivity index is 1.97. The summed E-state index contributed by atoms with van der Waals surface area (Å²) in [4.78, 5) is 28.4. The van der Waals surface area contributed by atoms with Gasteiger partial charge in [0.1, 0.15) is 0 Å². The normalized spacial score (nSPS) is 10.4. The smallest absolute Gasteiger partial charge is 0.260 e. The lowest BCUT2D eigenvalue weighted by Crippen LogP contribution is -2.14. The Labute approximate surface area is 139 Å². The highest BCUT2D eigenvalue weighted by Gasteiger charge is 2.17. The summed E-state index contributed by atoms with van der Waals surface area (Å²) < 4.78 is 5.29. The van der Waals surface area contributed by atoms with Crippen LogP contribution in [0.4, 0.5) is 5.69 Å². The maximum absolute atomic E-state index is 12.7. The number of anilines is 1. The first kappa shape index (κ1) is 15.7. The lowest BCUT2D eigenvalue weighted by molar-refractivity contribution is 0.101. The second-order valence-electron chi connectivity index (χ2n) is 5.31. The van der Waals surface area contributed by atoms with E-state index in [2.05, 4.69) is 10.3 Å². The highest BCUT2D eigenvalue weighted by molar-refractivity contribution is 6.14. The van der Waals surface area contributed by atoms with Crippen LogP contribution in [0.2, 0.25) is 0 Å². The number of benzene rings is 2. The van der Waals surface area contributed by atoms with E-state index in [4.69, 9.17) is 4.74 Å². The highest BCUT2D eigenvalue weighted by Crippen LogP contribution is 2.27. The van der Waals surface area contributed by atoms with E-state index in [1.54, 1.807) is 24.3 Å². The number of aromatic nitrogens is 1.